The molecule has 13 heavy (non-hydrogen) atoms. The number of rotatable bonds is 2. The Morgan fingerprint density at radius 3 is 2.54 bits per heavy atom. The lowest BCUT2D eigenvalue weighted by atomic mass is 10.2. The first kappa shape index (κ1) is 10.5. The highest BCUT2D eigenvalue weighted by Gasteiger charge is 2.31. The minimum absolute atomic E-state index is 0.0158. The van der Waals surface area contributed by atoms with E-state index in [-0.39, 0.29) is 23.5 Å². The van der Waals surface area contributed by atoms with Crippen LogP contribution in [0.3, 0.4) is 0 Å². The van der Waals surface area contributed by atoms with Crippen molar-refractivity contribution in [2.24, 2.45) is 0 Å². The first-order chi connectivity index (χ1) is 5.96. The van der Waals surface area contributed by atoms with Crippen molar-refractivity contribution < 1.29 is 13.2 Å². The van der Waals surface area contributed by atoms with E-state index in [1.165, 1.54) is 0 Å². The van der Waals surface area contributed by atoms with Crippen LogP contribution in [0.25, 0.3) is 0 Å². The van der Waals surface area contributed by atoms with E-state index in [9.17, 15) is 13.2 Å². The Kier molecular flexibility index (Phi) is 2.95. The summed E-state index contributed by atoms with van der Waals surface area (Å²) in [6.45, 7) is 1.78. The number of amides is 1. The third-order valence-electron chi connectivity index (χ3n) is 2.45. The number of hydrogen-bond donors (Lipinski definition) is 0. The van der Waals surface area contributed by atoms with Crippen molar-refractivity contribution >= 4 is 15.7 Å². The maximum atomic E-state index is 11.2. The van der Waals surface area contributed by atoms with E-state index in [1.54, 1.807) is 18.9 Å². The maximum absolute atomic E-state index is 11.2. The quantitative estimate of drug-likeness (QED) is 0.639. The van der Waals surface area contributed by atoms with Crippen molar-refractivity contribution in [3.05, 3.63) is 0 Å². The molecule has 0 radical (unpaired) electrons. The van der Waals surface area contributed by atoms with Crippen molar-refractivity contribution in [3.63, 3.8) is 0 Å². The zero-order chi connectivity index (χ0) is 10.1. The lowest BCUT2D eigenvalue weighted by Crippen LogP contribution is -2.37. The lowest BCUT2D eigenvalue weighted by molar-refractivity contribution is -0.131. The summed E-state index contributed by atoms with van der Waals surface area (Å²) in [5, 5.41) is 0. The van der Waals surface area contributed by atoms with E-state index in [0.29, 0.717) is 12.8 Å². The van der Waals surface area contributed by atoms with Gasteiger partial charge < -0.3 is 4.90 Å². The van der Waals surface area contributed by atoms with Crippen LogP contribution in [0.5, 0.6) is 0 Å². The summed E-state index contributed by atoms with van der Waals surface area (Å²) in [5.41, 5.74) is 0. The molecule has 1 aliphatic heterocycles. The molecule has 0 aromatic carbocycles. The van der Waals surface area contributed by atoms with E-state index in [1.807, 2.05) is 0 Å². The minimum Gasteiger partial charge on any atom is -0.342 e. The Balaban J connectivity index is 2.61. The molecule has 0 aromatic heterocycles. The van der Waals surface area contributed by atoms with Gasteiger partial charge in [-0.2, -0.15) is 0 Å². The molecule has 1 amide bonds. The molecule has 0 aliphatic carbocycles. The highest BCUT2D eigenvalue weighted by molar-refractivity contribution is 7.91. The summed E-state index contributed by atoms with van der Waals surface area (Å²) in [5.74, 6) is 0.371. The van der Waals surface area contributed by atoms with E-state index < -0.39 is 9.84 Å². The van der Waals surface area contributed by atoms with Crippen LogP contribution >= 0.6 is 0 Å². The fourth-order valence-corrected chi connectivity index (χ4v) is 3.31. The summed E-state index contributed by atoms with van der Waals surface area (Å²) in [6.07, 6.45) is 1.03. The number of hydrogen-bond acceptors (Lipinski definition) is 3. The molecule has 1 saturated heterocycles. The lowest BCUT2D eigenvalue weighted by Gasteiger charge is -2.22. The SMILES string of the molecule is CCC(=O)N(C)C1CCS(=O)(=O)C1. The average Bonchev–Trinajstić information content (AvgIpc) is 2.43. The Hall–Kier alpha value is -0.580. The Morgan fingerprint density at radius 2 is 2.15 bits per heavy atom. The van der Waals surface area contributed by atoms with Crippen molar-refractivity contribution in [3.8, 4) is 0 Å². The van der Waals surface area contributed by atoms with Crippen molar-refractivity contribution in [1.82, 2.24) is 4.90 Å². The average molecular weight is 205 g/mol. The largest absolute Gasteiger partial charge is 0.342 e. The third kappa shape index (κ3) is 2.43. The molecule has 1 heterocycles. The number of nitrogens with zero attached hydrogens (tertiary/aromatic N) is 1. The fourth-order valence-electron chi connectivity index (χ4n) is 1.53. The Bertz CT molecular complexity index is 297. The van der Waals surface area contributed by atoms with Gasteiger partial charge in [0.15, 0.2) is 9.84 Å². The molecule has 0 saturated carbocycles. The molecular weight excluding hydrogens is 190 g/mol. The highest BCUT2D eigenvalue weighted by Crippen LogP contribution is 2.16. The number of carbonyl (C=O) groups excluding carboxylic acids is 1. The molecule has 1 atom stereocenters. The predicted octanol–water partition coefficient (Wildman–Crippen LogP) is 0.0419. The van der Waals surface area contributed by atoms with Gasteiger partial charge in [-0.25, -0.2) is 8.42 Å². The second kappa shape index (κ2) is 3.65. The summed E-state index contributed by atoms with van der Waals surface area (Å²) in [7, 11) is -1.20. The van der Waals surface area contributed by atoms with E-state index >= 15 is 0 Å². The van der Waals surface area contributed by atoms with Gasteiger partial charge in [0.25, 0.3) is 0 Å². The van der Waals surface area contributed by atoms with Crippen LogP contribution in [0.15, 0.2) is 0 Å². The van der Waals surface area contributed by atoms with Gasteiger partial charge in [0.05, 0.1) is 11.5 Å². The van der Waals surface area contributed by atoms with E-state index in [2.05, 4.69) is 0 Å². The molecule has 1 fully saturated rings. The van der Waals surface area contributed by atoms with E-state index in [4.69, 9.17) is 0 Å². The third-order valence-corrected chi connectivity index (χ3v) is 4.20. The van der Waals surface area contributed by atoms with Crippen LogP contribution < -0.4 is 0 Å². The molecule has 4 nitrogen and oxygen atoms in total. The van der Waals surface area contributed by atoms with Crippen LogP contribution in [0, 0.1) is 0 Å². The Labute approximate surface area is 78.8 Å². The predicted molar refractivity (Wildman–Crippen MR) is 50.1 cm³/mol. The van der Waals surface area contributed by atoms with Gasteiger partial charge in [0, 0.05) is 19.5 Å². The standard InChI is InChI=1S/C8H15NO3S/c1-3-8(10)9(2)7-4-5-13(11,12)6-7/h7H,3-6H2,1-2H3. The molecular formula is C8H15NO3S. The summed E-state index contributed by atoms with van der Waals surface area (Å²) in [4.78, 5) is 12.8. The van der Waals surface area contributed by atoms with Crippen LogP contribution in [-0.4, -0.2) is 43.8 Å². The molecule has 1 aliphatic rings. The normalized spacial score (nSPS) is 25.8. The van der Waals surface area contributed by atoms with Gasteiger partial charge in [-0.3, -0.25) is 4.79 Å². The van der Waals surface area contributed by atoms with Gasteiger partial charge in [0.2, 0.25) is 5.91 Å². The molecule has 1 rings (SSSR count). The van der Waals surface area contributed by atoms with Gasteiger partial charge in [-0.15, -0.1) is 0 Å². The first-order valence-electron chi connectivity index (χ1n) is 4.42. The fraction of sp³-hybridized carbons (Fsp3) is 0.875. The molecule has 76 valence electrons. The molecule has 0 bridgehead atoms. The summed E-state index contributed by atoms with van der Waals surface area (Å²) < 4.78 is 22.2. The van der Waals surface area contributed by atoms with Gasteiger partial charge in [0.1, 0.15) is 0 Å². The maximum Gasteiger partial charge on any atom is 0.222 e. The topological polar surface area (TPSA) is 54.5 Å². The molecule has 1 unspecified atom stereocenters. The number of sulfone groups is 1. The minimum atomic E-state index is -2.88. The molecule has 5 heteroatoms. The smallest absolute Gasteiger partial charge is 0.222 e. The van der Waals surface area contributed by atoms with Crippen LogP contribution in [0.1, 0.15) is 19.8 Å². The monoisotopic (exact) mass is 205 g/mol. The van der Waals surface area contributed by atoms with Crippen molar-refractivity contribution in [2.75, 3.05) is 18.6 Å². The van der Waals surface area contributed by atoms with Crippen LogP contribution in [-0.2, 0) is 14.6 Å². The second-order valence-corrected chi connectivity index (χ2v) is 5.64. The van der Waals surface area contributed by atoms with Gasteiger partial charge in [-0.1, -0.05) is 6.92 Å². The number of carbonyl (C=O) groups is 1. The van der Waals surface area contributed by atoms with E-state index in [0.717, 1.165) is 0 Å². The first-order valence-corrected chi connectivity index (χ1v) is 6.24. The zero-order valence-corrected chi connectivity index (χ0v) is 8.80. The highest BCUT2D eigenvalue weighted by atomic mass is 32.2. The Morgan fingerprint density at radius 1 is 1.54 bits per heavy atom. The van der Waals surface area contributed by atoms with Gasteiger partial charge >= 0.3 is 0 Å². The summed E-state index contributed by atoms with van der Waals surface area (Å²) in [6, 6.07) is -0.0996. The van der Waals surface area contributed by atoms with Crippen molar-refractivity contribution in [2.45, 2.75) is 25.8 Å². The van der Waals surface area contributed by atoms with Crippen molar-refractivity contribution in [1.29, 1.82) is 0 Å². The zero-order valence-electron chi connectivity index (χ0n) is 7.99. The van der Waals surface area contributed by atoms with Crippen LogP contribution in [0.4, 0.5) is 0 Å². The molecule has 0 N–H and O–H groups in total. The molecule has 0 spiro atoms. The molecule has 0 aromatic rings. The van der Waals surface area contributed by atoms with Crippen LogP contribution in [0.2, 0.25) is 0 Å². The second-order valence-electron chi connectivity index (χ2n) is 3.42. The van der Waals surface area contributed by atoms with Gasteiger partial charge in [-0.05, 0) is 6.42 Å². The summed E-state index contributed by atoms with van der Waals surface area (Å²) >= 11 is 0.